The van der Waals surface area contributed by atoms with Gasteiger partial charge in [-0.2, -0.15) is 0 Å². The molecule has 1 heterocycles. The lowest BCUT2D eigenvalue weighted by Crippen LogP contribution is -2.60. The number of hydrogen-bond acceptors (Lipinski definition) is 7. The normalized spacial score (nSPS) is 35.1. The van der Waals surface area contributed by atoms with Gasteiger partial charge in [-0.25, -0.2) is 0 Å². The SMILES string of the molecule is OC[C@H]1O[C@@H](Oc2ccc(O)cc2)[C@@H](O)[C@@H](O)[C@H]1O. The van der Waals surface area contributed by atoms with Gasteiger partial charge in [-0.1, -0.05) is 0 Å². The van der Waals surface area contributed by atoms with E-state index >= 15 is 0 Å². The summed E-state index contributed by atoms with van der Waals surface area (Å²) in [4.78, 5) is 0. The Kier molecular flexibility index (Phi) is 4.23. The summed E-state index contributed by atoms with van der Waals surface area (Å²) >= 11 is 0. The molecule has 1 aromatic carbocycles. The maximum atomic E-state index is 9.75. The van der Waals surface area contributed by atoms with Crippen molar-refractivity contribution >= 4 is 0 Å². The maximum absolute atomic E-state index is 9.75. The van der Waals surface area contributed by atoms with Crippen LogP contribution in [-0.2, 0) is 4.74 Å². The monoisotopic (exact) mass is 272 g/mol. The third-order valence-corrected chi connectivity index (χ3v) is 2.94. The number of rotatable bonds is 3. The van der Waals surface area contributed by atoms with E-state index < -0.39 is 37.3 Å². The molecule has 2 rings (SSSR count). The second-order valence-corrected chi connectivity index (χ2v) is 4.31. The Hall–Kier alpha value is -1.38. The molecular weight excluding hydrogens is 256 g/mol. The van der Waals surface area contributed by atoms with Crippen molar-refractivity contribution in [1.82, 2.24) is 0 Å². The standard InChI is InChI=1S/C12H16O7/c13-5-8-9(15)10(16)11(17)12(19-8)18-7-3-1-6(14)2-4-7/h1-4,8-17H,5H2/t8-,9+,10+,11+,12-/m1/s1. The van der Waals surface area contributed by atoms with E-state index in [4.69, 9.17) is 19.7 Å². The van der Waals surface area contributed by atoms with Crippen molar-refractivity contribution in [3.05, 3.63) is 24.3 Å². The predicted molar refractivity (Wildman–Crippen MR) is 62.5 cm³/mol. The zero-order valence-corrected chi connectivity index (χ0v) is 9.96. The summed E-state index contributed by atoms with van der Waals surface area (Å²) in [5, 5.41) is 47.1. The molecule has 0 bridgehead atoms. The second kappa shape index (κ2) is 5.72. The Labute approximate surface area is 109 Å². The summed E-state index contributed by atoms with van der Waals surface area (Å²) in [5.74, 6) is 0.364. The zero-order valence-electron chi connectivity index (χ0n) is 9.96. The number of hydrogen-bond donors (Lipinski definition) is 5. The van der Waals surface area contributed by atoms with Crippen molar-refractivity contribution in [3.63, 3.8) is 0 Å². The summed E-state index contributed by atoms with van der Waals surface area (Å²) in [6.45, 7) is -0.514. The molecule has 7 nitrogen and oxygen atoms in total. The van der Waals surface area contributed by atoms with E-state index in [2.05, 4.69) is 0 Å². The van der Waals surface area contributed by atoms with Gasteiger partial charge in [-0.15, -0.1) is 0 Å². The van der Waals surface area contributed by atoms with Crippen LogP contribution >= 0.6 is 0 Å². The van der Waals surface area contributed by atoms with E-state index in [0.29, 0.717) is 5.75 Å². The minimum Gasteiger partial charge on any atom is -0.508 e. The minimum atomic E-state index is -1.48. The fraction of sp³-hybridized carbons (Fsp3) is 0.500. The third kappa shape index (κ3) is 2.96. The Balaban J connectivity index is 2.08. The molecule has 0 unspecified atom stereocenters. The van der Waals surface area contributed by atoms with Gasteiger partial charge >= 0.3 is 0 Å². The van der Waals surface area contributed by atoms with Crippen molar-refractivity contribution in [1.29, 1.82) is 0 Å². The Morgan fingerprint density at radius 1 is 1.00 bits per heavy atom. The maximum Gasteiger partial charge on any atom is 0.229 e. The first-order valence-corrected chi connectivity index (χ1v) is 5.79. The van der Waals surface area contributed by atoms with Crippen LogP contribution < -0.4 is 4.74 Å². The molecule has 0 aromatic heterocycles. The summed E-state index contributed by atoms with van der Waals surface area (Å²) in [7, 11) is 0. The number of ether oxygens (including phenoxy) is 2. The Morgan fingerprint density at radius 3 is 2.21 bits per heavy atom. The molecule has 19 heavy (non-hydrogen) atoms. The van der Waals surface area contributed by atoms with Crippen LogP contribution in [0.3, 0.4) is 0 Å². The molecule has 1 aromatic rings. The van der Waals surface area contributed by atoms with Crippen LogP contribution in [-0.4, -0.2) is 62.8 Å². The first-order valence-electron chi connectivity index (χ1n) is 5.79. The average Bonchev–Trinajstić information content (AvgIpc) is 2.42. The second-order valence-electron chi connectivity index (χ2n) is 4.31. The van der Waals surface area contributed by atoms with Crippen LogP contribution in [0.4, 0.5) is 0 Å². The van der Waals surface area contributed by atoms with Crippen molar-refractivity contribution in [2.24, 2.45) is 0 Å². The molecule has 0 radical (unpaired) electrons. The van der Waals surface area contributed by atoms with Gasteiger partial charge in [0.1, 0.15) is 35.9 Å². The van der Waals surface area contributed by atoms with E-state index in [9.17, 15) is 15.3 Å². The van der Waals surface area contributed by atoms with E-state index in [0.717, 1.165) is 0 Å². The topological polar surface area (TPSA) is 120 Å². The highest BCUT2D eigenvalue weighted by molar-refractivity contribution is 5.30. The molecule has 1 aliphatic rings. The van der Waals surface area contributed by atoms with Gasteiger partial charge in [-0.3, -0.25) is 0 Å². The van der Waals surface area contributed by atoms with Crippen LogP contribution in [0, 0.1) is 0 Å². The van der Waals surface area contributed by atoms with Crippen molar-refractivity contribution < 1.29 is 35.0 Å². The zero-order chi connectivity index (χ0) is 14.0. The molecule has 0 spiro atoms. The Bertz CT molecular complexity index is 405. The van der Waals surface area contributed by atoms with Crippen molar-refractivity contribution in [3.8, 4) is 11.5 Å². The minimum absolute atomic E-state index is 0.0566. The largest absolute Gasteiger partial charge is 0.508 e. The highest BCUT2D eigenvalue weighted by Crippen LogP contribution is 2.25. The molecule has 7 heteroatoms. The average molecular weight is 272 g/mol. The number of aliphatic hydroxyl groups is 4. The predicted octanol–water partition coefficient (Wildman–Crippen LogP) is -1.43. The van der Waals surface area contributed by atoms with Gasteiger partial charge in [0.25, 0.3) is 0 Å². The quantitative estimate of drug-likeness (QED) is 0.457. The summed E-state index contributed by atoms with van der Waals surface area (Å²) in [6.07, 6.45) is -6.58. The highest BCUT2D eigenvalue weighted by Gasteiger charge is 2.44. The van der Waals surface area contributed by atoms with Crippen molar-refractivity contribution in [2.75, 3.05) is 6.61 Å². The smallest absolute Gasteiger partial charge is 0.229 e. The molecule has 106 valence electrons. The van der Waals surface area contributed by atoms with Crippen LogP contribution in [0.1, 0.15) is 0 Å². The molecule has 5 N–H and O–H groups in total. The number of phenolic OH excluding ortho intramolecular Hbond substituents is 1. The number of aromatic hydroxyl groups is 1. The van der Waals surface area contributed by atoms with Crippen LogP contribution in [0.2, 0.25) is 0 Å². The van der Waals surface area contributed by atoms with Gasteiger partial charge in [-0.05, 0) is 24.3 Å². The lowest BCUT2D eigenvalue weighted by molar-refractivity contribution is -0.277. The van der Waals surface area contributed by atoms with Crippen LogP contribution in [0.15, 0.2) is 24.3 Å². The lowest BCUT2D eigenvalue weighted by Gasteiger charge is -2.39. The van der Waals surface area contributed by atoms with E-state index in [1.165, 1.54) is 24.3 Å². The van der Waals surface area contributed by atoms with E-state index in [-0.39, 0.29) is 5.75 Å². The van der Waals surface area contributed by atoms with Crippen LogP contribution in [0.5, 0.6) is 11.5 Å². The van der Waals surface area contributed by atoms with Crippen LogP contribution in [0.25, 0.3) is 0 Å². The van der Waals surface area contributed by atoms with Gasteiger partial charge in [0, 0.05) is 0 Å². The van der Waals surface area contributed by atoms with Gasteiger partial charge in [0.2, 0.25) is 6.29 Å². The molecule has 1 saturated heterocycles. The number of phenols is 1. The molecule has 0 aliphatic carbocycles. The molecule has 1 fully saturated rings. The summed E-state index contributed by atoms with van der Waals surface area (Å²) < 4.78 is 10.5. The first kappa shape index (κ1) is 14.0. The third-order valence-electron chi connectivity index (χ3n) is 2.94. The fourth-order valence-corrected chi connectivity index (χ4v) is 1.82. The van der Waals surface area contributed by atoms with Gasteiger partial charge in [0.05, 0.1) is 6.61 Å². The van der Waals surface area contributed by atoms with Gasteiger partial charge < -0.3 is 35.0 Å². The first-order chi connectivity index (χ1) is 9.02. The summed E-state index contributed by atoms with van der Waals surface area (Å²) in [6, 6.07) is 5.69. The molecule has 0 amide bonds. The highest BCUT2D eigenvalue weighted by atomic mass is 16.7. The fourth-order valence-electron chi connectivity index (χ4n) is 1.82. The molecule has 1 aliphatic heterocycles. The number of aliphatic hydroxyl groups excluding tert-OH is 4. The number of benzene rings is 1. The molecule has 5 atom stereocenters. The van der Waals surface area contributed by atoms with E-state index in [1.807, 2.05) is 0 Å². The molecular formula is C12H16O7. The van der Waals surface area contributed by atoms with E-state index in [1.54, 1.807) is 0 Å². The molecule has 0 saturated carbocycles. The summed E-state index contributed by atoms with van der Waals surface area (Å²) in [5.41, 5.74) is 0. The van der Waals surface area contributed by atoms with Gasteiger partial charge in [0.15, 0.2) is 0 Å². The van der Waals surface area contributed by atoms with Crippen molar-refractivity contribution in [2.45, 2.75) is 30.7 Å². The lowest BCUT2D eigenvalue weighted by atomic mass is 9.99. The Morgan fingerprint density at radius 2 is 1.63 bits per heavy atom.